The van der Waals surface area contributed by atoms with Crippen molar-refractivity contribution in [2.24, 2.45) is 5.92 Å². The molecule has 1 atom stereocenters. The van der Waals surface area contributed by atoms with Crippen LogP contribution in [0.5, 0.6) is 0 Å². The summed E-state index contributed by atoms with van der Waals surface area (Å²) < 4.78 is 4.90. The van der Waals surface area contributed by atoms with Crippen LogP contribution in [0.3, 0.4) is 0 Å². The minimum absolute atomic E-state index is 0.114. The van der Waals surface area contributed by atoms with Crippen molar-refractivity contribution in [3.05, 3.63) is 18.6 Å². The van der Waals surface area contributed by atoms with E-state index in [9.17, 15) is 4.79 Å². The number of hydrogen-bond acceptors (Lipinski definition) is 5. The van der Waals surface area contributed by atoms with Crippen molar-refractivity contribution in [2.45, 2.75) is 18.9 Å². The van der Waals surface area contributed by atoms with Gasteiger partial charge >= 0.3 is 5.97 Å². The molecule has 0 saturated heterocycles. The maximum atomic E-state index is 11.3. The molecule has 1 unspecified atom stereocenters. The molecule has 0 saturated carbocycles. The van der Waals surface area contributed by atoms with Gasteiger partial charge in [0.05, 0.1) is 18.7 Å². The van der Waals surface area contributed by atoms with Gasteiger partial charge in [-0.05, 0) is 6.92 Å². The molecular formula is C10H14N2O2S. The summed E-state index contributed by atoms with van der Waals surface area (Å²) in [6.07, 6.45) is 4.94. The molecule has 0 fully saturated rings. The number of ether oxygens (including phenoxy) is 1. The fraction of sp³-hybridized carbons (Fsp3) is 0.500. The lowest BCUT2D eigenvalue weighted by atomic mass is 10.2. The molecule has 15 heavy (non-hydrogen) atoms. The summed E-state index contributed by atoms with van der Waals surface area (Å²) in [6, 6.07) is 0. The number of aromatic nitrogens is 2. The topological polar surface area (TPSA) is 52.1 Å². The molecule has 82 valence electrons. The van der Waals surface area contributed by atoms with Gasteiger partial charge in [0.25, 0.3) is 0 Å². The van der Waals surface area contributed by atoms with Gasteiger partial charge in [0.2, 0.25) is 0 Å². The third kappa shape index (κ3) is 4.29. The Hall–Kier alpha value is -1.10. The van der Waals surface area contributed by atoms with Crippen LogP contribution in [0.1, 0.15) is 13.8 Å². The molecular weight excluding hydrogens is 212 g/mol. The van der Waals surface area contributed by atoms with Crippen LogP contribution in [0, 0.1) is 5.92 Å². The Morgan fingerprint density at radius 1 is 1.60 bits per heavy atom. The van der Waals surface area contributed by atoms with E-state index in [1.54, 1.807) is 25.5 Å². The number of thioether (sulfide) groups is 1. The van der Waals surface area contributed by atoms with Crippen molar-refractivity contribution < 1.29 is 9.53 Å². The predicted octanol–water partition coefficient (Wildman–Crippen LogP) is 1.77. The number of hydrogen-bond donors (Lipinski definition) is 0. The third-order valence-electron chi connectivity index (χ3n) is 1.71. The van der Waals surface area contributed by atoms with Gasteiger partial charge in [0.15, 0.2) is 0 Å². The highest BCUT2D eigenvalue weighted by molar-refractivity contribution is 7.99. The Bertz CT molecular complexity index is 306. The monoisotopic (exact) mass is 226 g/mol. The molecule has 0 aliphatic carbocycles. The molecule has 0 spiro atoms. The molecule has 1 rings (SSSR count). The molecule has 0 aromatic carbocycles. The van der Waals surface area contributed by atoms with Crippen LogP contribution >= 0.6 is 11.8 Å². The van der Waals surface area contributed by atoms with E-state index in [0.29, 0.717) is 12.4 Å². The van der Waals surface area contributed by atoms with Crippen LogP contribution in [-0.4, -0.2) is 28.3 Å². The lowest BCUT2D eigenvalue weighted by Gasteiger charge is -2.08. The quantitative estimate of drug-likeness (QED) is 0.565. The summed E-state index contributed by atoms with van der Waals surface area (Å²) in [7, 11) is 0. The summed E-state index contributed by atoms with van der Waals surface area (Å²) in [5.74, 6) is 0.392. The number of carbonyl (C=O) groups is 1. The Kier molecular flexibility index (Phi) is 5.10. The van der Waals surface area contributed by atoms with Crippen LogP contribution in [0.25, 0.3) is 0 Å². The van der Waals surface area contributed by atoms with Crippen LogP contribution < -0.4 is 0 Å². The van der Waals surface area contributed by atoms with E-state index < -0.39 is 0 Å². The van der Waals surface area contributed by atoms with Crippen LogP contribution in [0.2, 0.25) is 0 Å². The molecule has 0 radical (unpaired) electrons. The van der Waals surface area contributed by atoms with E-state index in [1.807, 2.05) is 6.92 Å². The molecule has 1 aromatic rings. The zero-order valence-corrected chi connectivity index (χ0v) is 9.66. The predicted molar refractivity (Wildman–Crippen MR) is 58.6 cm³/mol. The highest BCUT2D eigenvalue weighted by atomic mass is 32.2. The lowest BCUT2D eigenvalue weighted by Crippen LogP contribution is -2.16. The van der Waals surface area contributed by atoms with Crippen molar-refractivity contribution in [1.29, 1.82) is 0 Å². The van der Waals surface area contributed by atoms with E-state index in [0.717, 1.165) is 5.03 Å². The summed E-state index contributed by atoms with van der Waals surface area (Å²) in [5.41, 5.74) is 0. The van der Waals surface area contributed by atoms with Gasteiger partial charge in [0, 0.05) is 18.1 Å². The van der Waals surface area contributed by atoms with Crippen molar-refractivity contribution in [2.75, 3.05) is 12.4 Å². The highest BCUT2D eigenvalue weighted by Crippen LogP contribution is 2.17. The molecule has 0 amide bonds. The maximum absolute atomic E-state index is 11.3. The number of rotatable bonds is 5. The summed E-state index contributed by atoms with van der Waals surface area (Å²) in [6.45, 7) is 4.08. The standard InChI is InChI=1S/C10H14N2O2S/c1-3-14-10(13)8(2)7-15-9-6-11-4-5-12-9/h4-6,8H,3,7H2,1-2H3. The van der Waals surface area contributed by atoms with Gasteiger partial charge in [-0.3, -0.25) is 9.78 Å². The van der Waals surface area contributed by atoms with Gasteiger partial charge in [-0.15, -0.1) is 11.8 Å². The fourth-order valence-electron chi connectivity index (χ4n) is 0.923. The maximum Gasteiger partial charge on any atom is 0.309 e. The van der Waals surface area contributed by atoms with E-state index in [-0.39, 0.29) is 11.9 Å². The molecule has 0 bridgehead atoms. The molecule has 1 aromatic heterocycles. The molecule has 0 aliphatic heterocycles. The van der Waals surface area contributed by atoms with Gasteiger partial charge in [0.1, 0.15) is 5.03 Å². The van der Waals surface area contributed by atoms with E-state index in [2.05, 4.69) is 9.97 Å². The van der Waals surface area contributed by atoms with Crippen molar-refractivity contribution in [1.82, 2.24) is 9.97 Å². The minimum atomic E-state index is -0.158. The van der Waals surface area contributed by atoms with E-state index >= 15 is 0 Å². The fourth-order valence-corrected chi connectivity index (χ4v) is 1.75. The number of nitrogens with zero attached hydrogens (tertiary/aromatic N) is 2. The van der Waals surface area contributed by atoms with Gasteiger partial charge in [-0.2, -0.15) is 0 Å². The zero-order valence-electron chi connectivity index (χ0n) is 8.84. The Morgan fingerprint density at radius 2 is 2.40 bits per heavy atom. The highest BCUT2D eigenvalue weighted by Gasteiger charge is 2.14. The zero-order chi connectivity index (χ0) is 11.1. The van der Waals surface area contributed by atoms with Crippen molar-refractivity contribution >= 4 is 17.7 Å². The molecule has 4 nitrogen and oxygen atoms in total. The molecule has 5 heteroatoms. The SMILES string of the molecule is CCOC(=O)C(C)CSc1cnccn1. The number of carbonyl (C=O) groups excluding carboxylic acids is 1. The average Bonchev–Trinajstić information content (AvgIpc) is 2.27. The molecule has 0 aliphatic rings. The Labute approximate surface area is 93.5 Å². The second kappa shape index (κ2) is 6.40. The van der Waals surface area contributed by atoms with Crippen LogP contribution in [0.15, 0.2) is 23.6 Å². The smallest absolute Gasteiger partial charge is 0.309 e. The summed E-state index contributed by atoms with van der Waals surface area (Å²) in [4.78, 5) is 19.3. The first kappa shape index (κ1) is 12.0. The molecule has 1 heterocycles. The van der Waals surface area contributed by atoms with Crippen LogP contribution in [0.4, 0.5) is 0 Å². The van der Waals surface area contributed by atoms with Gasteiger partial charge < -0.3 is 4.74 Å². The first-order chi connectivity index (χ1) is 7.24. The normalized spacial score (nSPS) is 12.1. The van der Waals surface area contributed by atoms with Crippen molar-refractivity contribution in [3.63, 3.8) is 0 Å². The van der Waals surface area contributed by atoms with Crippen LogP contribution in [-0.2, 0) is 9.53 Å². The number of esters is 1. The second-order valence-electron chi connectivity index (χ2n) is 3.01. The molecule has 0 N–H and O–H groups in total. The first-order valence-corrected chi connectivity index (χ1v) is 5.78. The van der Waals surface area contributed by atoms with Gasteiger partial charge in [-0.25, -0.2) is 4.98 Å². The van der Waals surface area contributed by atoms with Gasteiger partial charge in [-0.1, -0.05) is 6.92 Å². The average molecular weight is 226 g/mol. The first-order valence-electron chi connectivity index (χ1n) is 4.79. The second-order valence-corrected chi connectivity index (χ2v) is 4.05. The van der Waals surface area contributed by atoms with Crippen molar-refractivity contribution in [3.8, 4) is 0 Å². The minimum Gasteiger partial charge on any atom is -0.466 e. The largest absolute Gasteiger partial charge is 0.466 e. The Balaban J connectivity index is 2.34. The Morgan fingerprint density at radius 3 is 3.00 bits per heavy atom. The third-order valence-corrected chi connectivity index (χ3v) is 2.88. The van der Waals surface area contributed by atoms with E-state index in [1.165, 1.54) is 11.8 Å². The lowest BCUT2D eigenvalue weighted by molar-refractivity contribution is -0.146. The summed E-state index contributed by atoms with van der Waals surface area (Å²) in [5, 5.41) is 0.827. The van der Waals surface area contributed by atoms with E-state index in [4.69, 9.17) is 4.74 Å². The summed E-state index contributed by atoms with van der Waals surface area (Å²) >= 11 is 1.51.